The topological polar surface area (TPSA) is 0 Å². The Morgan fingerprint density at radius 3 is 1.11 bits per heavy atom. The molecule has 0 heterocycles. The molecule has 0 aromatic heterocycles. The van der Waals surface area contributed by atoms with Gasteiger partial charge in [0, 0.05) is 0 Å². The van der Waals surface area contributed by atoms with Gasteiger partial charge in [0.1, 0.15) is 0 Å². The van der Waals surface area contributed by atoms with Crippen LogP contribution in [0.3, 0.4) is 0 Å². The van der Waals surface area contributed by atoms with Crippen molar-refractivity contribution in [2.24, 2.45) is 0 Å². The molecule has 118 valence electrons. The minimum absolute atomic E-state index is 0.985. The molecule has 0 amide bonds. The molecule has 0 saturated heterocycles. The average molecular weight is 288 g/mol. The molecule has 0 radical (unpaired) electrons. The van der Waals surface area contributed by atoms with Crippen LogP contribution in [0.1, 0.15) is 92.4 Å². The van der Waals surface area contributed by atoms with Gasteiger partial charge in [-0.3, -0.25) is 0 Å². The van der Waals surface area contributed by atoms with E-state index in [9.17, 15) is 0 Å². The first-order valence-electron chi connectivity index (χ1n) is 9.13. The van der Waals surface area contributed by atoms with Gasteiger partial charge in [-0.25, -0.2) is 0 Å². The van der Waals surface area contributed by atoms with Gasteiger partial charge in [-0.15, -0.1) is 0 Å². The van der Waals surface area contributed by atoms with E-state index in [0.717, 1.165) is 5.66 Å². The summed E-state index contributed by atoms with van der Waals surface area (Å²) in [7, 11) is -0.985. The van der Waals surface area contributed by atoms with Crippen molar-refractivity contribution in [1.82, 2.24) is 0 Å². The number of hydrogen-bond acceptors (Lipinski definition) is 0. The summed E-state index contributed by atoms with van der Waals surface area (Å²) in [4.78, 5) is 0. The average Bonchev–Trinajstić information content (AvgIpc) is 2.38. The van der Waals surface area contributed by atoms with E-state index in [2.05, 4.69) is 34.6 Å². The van der Waals surface area contributed by atoms with Crippen LogP contribution >= 0.6 is 7.26 Å². The molecular formula is C18H41P. The van der Waals surface area contributed by atoms with Crippen molar-refractivity contribution in [2.75, 3.05) is 18.5 Å². The first-order chi connectivity index (χ1) is 9.13. The third-order valence-corrected chi connectivity index (χ3v) is 11.6. The van der Waals surface area contributed by atoms with Gasteiger partial charge in [0.25, 0.3) is 0 Å². The SMILES string of the molecule is CCCCC[PH](CCCCC)(CCCCC)C(C)C. The van der Waals surface area contributed by atoms with Gasteiger partial charge in [-0.2, -0.15) is 0 Å². The van der Waals surface area contributed by atoms with Crippen LogP contribution in [0.4, 0.5) is 0 Å². The van der Waals surface area contributed by atoms with Crippen LogP contribution < -0.4 is 0 Å². The summed E-state index contributed by atoms with van der Waals surface area (Å²) in [6.07, 6.45) is 17.9. The fourth-order valence-electron chi connectivity index (χ4n) is 3.42. The Labute approximate surface area is 124 Å². The molecule has 19 heavy (non-hydrogen) atoms. The molecular weight excluding hydrogens is 247 g/mol. The van der Waals surface area contributed by atoms with Gasteiger partial charge < -0.3 is 0 Å². The summed E-state index contributed by atoms with van der Waals surface area (Å²) in [6.45, 7) is 12.1. The molecule has 0 spiro atoms. The molecule has 0 aromatic carbocycles. The predicted octanol–water partition coefficient (Wildman–Crippen LogP) is 6.72. The summed E-state index contributed by atoms with van der Waals surface area (Å²) in [5.74, 6) is 0. The van der Waals surface area contributed by atoms with Crippen molar-refractivity contribution in [3.63, 3.8) is 0 Å². The Hall–Kier alpha value is 0.430. The standard InChI is InChI=1S/C18H41P/c1-6-9-12-15-19(18(4)5,16-13-10-7-2)17-14-11-8-3/h18-19H,6-17H2,1-5H3. The zero-order chi connectivity index (χ0) is 14.6. The van der Waals surface area contributed by atoms with E-state index in [1.54, 1.807) is 18.5 Å². The number of hydrogen-bond donors (Lipinski definition) is 0. The van der Waals surface area contributed by atoms with Crippen LogP contribution in [-0.4, -0.2) is 24.1 Å². The number of rotatable bonds is 13. The van der Waals surface area contributed by atoms with Crippen molar-refractivity contribution >= 4 is 7.26 Å². The van der Waals surface area contributed by atoms with E-state index in [1.807, 2.05) is 0 Å². The molecule has 0 N–H and O–H groups in total. The van der Waals surface area contributed by atoms with E-state index in [0.29, 0.717) is 0 Å². The van der Waals surface area contributed by atoms with E-state index >= 15 is 0 Å². The third-order valence-electron chi connectivity index (χ3n) is 5.06. The van der Waals surface area contributed by atoms with Crippen molar-refractivity contribution in [2.45, 2.75) is 98.1 Å². The van der Waals surface area contributed by atoms with Gasteiger partial charge in [-0.05, 0) is 0 Å². The first kappa shape index (κ1) is 19.4. The zero-order valence-electron chi connectivity index (χ0n) is 14.6. The van der Waals surface area contributed by atoms with Gasteiger partial charge in [0.15, 0.2) is 0 Å². The van der Waals surface area contributed by atoms with E-state index in [-0.39, 0.29) is 0 Å². The fourth-order valence-corrected chi connectivity index (χ4v) is 8.77. The summed E-state index contributed by atoms with van der Waals surface area (Å²) in [6, 6.07) is 0. The van der Waals surface area contributed by atoms with Gasteiger partial charge in [-0.1, -0.05) is 0 Å². The minimum atomic E-state index is -0.985. The summed E-state index contributed by atoms with van der Waals surface area (Å²) >= 11 is 0. The molecule has 0 aromatic rings. The van der Waals surface area contributed by atoms with E-state index in [4.69, 9.17) is 0 Å². The van der Waals surface area contributed by atoms with E-state index in [1.165, 1.54) is 57.8 Å². The second kappa shape index (κ2) is 12.2. The molecule has 0 aliphatic carbocycles. The normalized spacial score (nSPS) is 13.2. The van der Waals surface area contributed by atoms with Crippen LogP contribution in [0.15, 0.2) is 0 Å². The van der Waals surface area contributed by atoms with Crippen LogP contribution in [-0.2, 0) is 0 Å². The molecule has 0 rings (SSSR count). The predicted molar refractivity (Wildman–Crippen MR) is 96.6 cm³/mol. The van der Waals surface area contributed by atoms with Crippen molar-refractivity contribution in [3.8, 4) is 0 Å². The Morgan fingerprint density at radius 2 is 0.895 bits per heavy atom. The van der Waals surface area contributed by atoms with Gasteiger partial charge in [0.05, 0.1) is 0 Å². The summed E-state index contributed by atoms with van der Waals surface area (Å²) in [5.41, 5.74) is 0.998. The first-order valence-corrected chi connectivity index (χ1v) is 11.8. The van der Waals surface area contributed by atoms with Crippen LogP contribution in [0, 0.1) is 0 Å². The number of unbranched alkanes of at least 4 members (excludes halogenated alkanes) is 6. The second-order valence-electron chi connectivity index (χ2n) is 6.89. The quantitative estimate of drug-likeness (QED) is 0.261. The molecule has 0 aliphatic rings. The van der Waals surface area contributed by atoms with Crippen molar-refractivity contribution in [1.29, 1.82) is 0 Å². The molecule has 0 saturated carbocycles. The monoisotopic (exact) mass is 288 g/mol. The van der Waals surface area contributed by atoms with Crippen LogP contribution in [0.25, 0.3) is 0 Å². The van der Waals surface area contributed by atoms with Crippen molar-refractivity contribution < 1.29 is 0 Å². The zero-order valence-corrected chi connectivity index (χ0v) is 15.6. The fraction of sp³-hybridized carbons (Fsp3) is 1.00. The maximum atomic E-state index is 2.54. The van der Waals surface area contributed by atoms with Gasteiger partial charge in [0.2, 0.25) is 0 Å². The third kappa shape index (κ3) is 8.34. The van der Waals surface area contributed by atoms with Gasteiger partial charge >= 0.3 is 124 Å². The molecule has 0 nitrogen and oxygen atoms in total. The molecule has 0 atom stereocenters. The molecule has 1 heteroatoms. The van der Waals surface area contributed by atoms with Crippen LogP contribution in [0.5, 0.6) is 0 Å². The Balaban J connectivity index is 4.48. The van der Waals surface area contributed by atoms with Crippen LogP contribution in [0.2, 0.25) is 0 Å². The Morgan fingerprint density at radius 1 is 0.579 bits per heavy atom. The molecule has 0 aliphatic heterocycles. The Kier molecular flexibility index (Phi) is 12.5. The maximum absolute atomic E-state index is 2.54. The molecule has 0 unspecified atom stereocenters. The summed E-state index contributed by atoms with van der Waals surface area (Å²) < 4.78 is 0. The molecule has 0 fully saturated rings. The molecule has 0 bridgehead atoms. The van der Waals surface area contributed by atoms with E-state index < -0.39 is 7.26 Å². The Bertz CT molecular complexity index is 160. The van der Waals surface area contributed by atoms with Crippen molar-refractivity contribution in [3.05, 3.63) is 0 Å². The second-order valence-corrected chi connectivity index (χ2v) is 12.3. The summed E-state index contributed by atoms with van der Waals surface area (Å²) in [5, 5.41) is 0.